The first-order chi connectivity index (χ1) is 7.35. The number of hydrogen-bond acceptors (Lipinski definition) is 2. The molecule has 3 heteroatoms. The Morgan fingerprint density at radius 2 is 1.94 bits per heavy atom. The number of rotatable bonds is 4. The van der Waals surface area contributed by atoms with Crippen LogP contribution in [0, 0.1) is 5.41 Å². The lowest BCUT2D eigenvalue weighted by Gasteiger charge is -2.49. The molecule has 16 heavy (non-hydrogen) atoms. The minimum Gasteiger partial charge on any atom is -0.368 e. The molecule has 94 valence electrons. The predicted octanol–water partition coefficient (Wildman–Crippen LogP) is 2.20. The van der Waals surface area contributed by atoms with E-state index in [-0.39, 0.29) is 11.3 Å². The van der Waals surface area contributed by atoms with Gasteiger partial charge in [-0.25, -0.2) is 0 Å². The van der Waals surface area contributed by atoms with Crippen LogP contribution in [-0.4, -0.2) is 17.5 Å². The summed E-state index contributed by atoms with van der Waals surface area (Å²) in [6.07, 6.45) is 5.25. The highest BCUT2D eigenvalue weighted by molar-refractivity contribution is 5.86. The molecule has 0 aromatic rings. The highest BCUT2D eigenvalue weighted by Gasteiger charge is 2.51. The molecule has 1 aliphatic rings. The zero-order valence-electron chi connectivity index (χ0n) is 11.1. The number of carbonyl (C=O) groups excluding carboxylic acids is 1. The molecule has 1 rings (SSSR count). The van der Waals surface area contributed by atoms with E-state index >= 15 is 0 Å². The van der Waals surface area contributed by atoms with Gasteiger partial charge in [0, 0.05) is 6.04 Å². The van der Waals surface area contributed by atoms with E-state index in [1.54, 1.807) is 0 Å². The molecule has 0 heterocycles. The van der Waals surface area contributed by atoms with Gasteiger partial charge >= 0.3 is 0 Å². The van der Waals surface area contributed by atoms with Gasteiger partial charge in [-0.3, -0.25) is 4.79 Å². The zero-order chi connectivity index (χ0) is 12.4. The van der Waals surface area contributed by atoms with Gasteiger partial charge in [0.2, 0.25) is 5.91 Å². The minimum absolute atomic E-state index is 0.0412. The topological polar surface area (TPSA) is 55.1 Å². The van der Waals surface area contributed by atoms with Crippen LogP contribution in [0.5, 0.6) is 0 Å². The van der Waals surface area contributed by atoms with E-state index in [0.717, 1.165) is 25.7 Å². The van der Waals surface area contributed by atoms with Crippen LogP contribution in [0.1, 0.15) is 59.8 Å². The van der Waals surface area contributed by atoms with Gasteiger partial charge in [0.05, 0.1) is 0 Å². The molecule has 0 bridgehead atoms. The molecule has 3 nitrogen and oxygen atoms in total. The molecule has 1 aliphatic carbocycles. The third kappa shape index (κ3) is 2.24. The summed E-state index contributed by atoms with van der Waals surface area (Å²) in [5.74, 6) is -0.183. The van der Waals surface area contributed by atoms with Crippen LogP contribution in [0.4, 0.5) is 0 Å². The first-order valence-corrected chi connectivity index (χ1v) is 6.43. The van der Waals surface area contributed by atoms with Crippen molar-refractivity contribution in [3.05, 3.63) is 0 Å². The molecule has 0 saturated heterocycles. The summed E-state index contributed by atoms with van der Waals surface area (Å²) >= 11 is 0. The molecule has 0 radical (unpaired) electrons. The van der Waals surface area contributed by atoms with Crippen LogP contribution >= 0.6 is 0 Å². The number of nitrogens with one attached hydrogen (secondary N) is 1. The fourth-order valence-electron chi connectivity index (χ4n) is 2.83. The van der Waals surface area contributed by atoms with E-state index in [1.165, 1.54) is 6.42 Å². The van der Waals surface area contributed by atoms with Gasteiger partial charge in [-0.05, 0) is 31.6 Å². The Balaban J connectivity index is 2.98. The SMILES string of the molecule is CCC(C)NC1(C(N)=O)CCCCC1(C)C. The lowest BCUT2D eigenvalue weighted by atomic mass is 9.62. The van der Waals surface area contributed by atoms with Crippen molar-refractivity contribution in [1.82, 2.24) is 5.32 Å². The quantitative estimate of drug-likeness (QED) is 0.772. The number of hydrogen-bond donors (Lipinski definition) is 2. The van der Waals surface area contributed by atoms with E-state index < -0.39 is 5.54 Å². The van der Waals surface area contributed by atoms with Crippen LogP contribution in [0.2, 0.25) is 0 Å². The first-order valence-electron chi connectivity index (χ1n) is 6.43. The summed E-state index contributed by atoms with van der Waals surface area (Å²) in [5.41, 5.74) is 5.12. The van der Waals surface area contributed by atoms with Gasteiger partial charge < -0.3 is 11.1 Å². The van der Waals surface area contributed by atoms with E-state index in [4.69, 9.17) is 5.73 Å². The average molecular weight is 226 g/mol. The summed E-state index contributed by atoms with van der Waals surface area (Å²) in [6, 6.07) is 0.338. The van der Waals surface area contributed by atoms with Crippen molar-refractivity contribution in [3.63, 3.8) is 0 Å². The normalized spacial score (nSPS) is 31.0. The highest BCUT2D eigenvalue weighted by atomic mass is 16.1. The molecule has 1 amide bonds. The summed E-state index contributed by atoms with van der Waals surface area (Å²) in [4.78, 5) is 11.9. The van der Waals surface area contributed by atoms with Gasteiger partial charge in [-0.15, -0.1) is 0 Å². The van der Waals surface area contributed by atoms with Gasteiger partial charge in [0.25, 0.3) is 0 Å². The van der Waals surface area contributed by atoms with E-state index in [1.807, 2.05) is 0 Å². The molecule has 0 spiro atoms. The van der Waals surface area contributed by atoms with Crippen molar-refractivity contribution in [3.8, 4) is 0 Å². The van der Waals surface area contributed by atoms with Crippen LogP contribution in [0.15, 0.2) is 0 Å². The molecule has 0 aromatic carbocycles. The first kappa shape index (κ1) is 13.5. The lowest BCUT2D eigenvalue weighted by molar-refractivity contribution is -0.132. The maximum Gasteiger partial charge on any atom is 0.238 e. The summed E-state index contributed by atoms with van der Waals surface area (Å²) in [7, 11) is 0. The van der Waals surface area contributed by atoms with Crippen molar-refractivity contribution >= 4 is 5.91 Å². The van der Waals surface area contributed by atoms with E-state index in [2.05, 4.69) is 33.0 Å². The summed E-state index contributed by atoms with van der Waals surface area (Å²) < 4.78 is 0. The lowest BCUT2D eigenvalue weighted by Crippen LogP contribution is -2.67. The van der Waals surface area contributed by atoms with Crippen LogP contribution < -0.4 is 11.1 Å². The van der Waals surface area contributed by atoms with Crippen molar-refractivity contribution in [2.45, 2.75) is 71.4 Å². The molecule has 2 atom stereocenters. The molecule has 1 saturated carbocycles. The van der Waals surface area contributed by atoms with Crippen molar-refractivity contribution in [2.24, 2.45) is 11.1 Å². The number of carbonyl (C=O) groups is 1. The monoisotopic (exact) mass is 226 g/mol. The Kier molecular flexibility index (Phi) is 4.00. The maximum atomic E-state index is 11.9. The van der Waals surface area contributed by atoms with Crippen molar-refractivity contribution in [2.75, 3.05) is 0 Å². The molecular weight excluding hydrogens is 200 g/mol. The smallest absolute Gasteiger partial charge is 0.238 e. The van der Waals surface area contributed by atoms with Gasteiger partial charge in [0.1, 0.15) is 5.54 Å². The zero-order valence-corrected chi connectivity index (χ0v) is 11.1. The molecule has 3 N–H and O–H groups in total. The largest absolute Gasteiger partial charge is 0.368 e. The molecule has 0 aromatic heterocycles. The number of primary amides is 1. The second-order valence-electron chi connectivity index (χ2n) is 5.81. The Morgan fingerprint density at radius 1 is 1.38 bits per heavy atom. The van der Waals surface area contributed by atoms with Crippen molar-refractivity contribution in [1.29, 1.82) is 0 Å². The summed E-state index contributed by atoms with van der Waals surface area (Å²) in [6.45, 7) is 8.57. The second-order valence-corrected chi connectivity index (χ2v) is 5.81. The van der Waals surface area contributed by atoms with Gasteiger partial charge in [0.15, 0.2) is 0 Å². The van der Waals surface area contributed by atoms with E-state index in [9.17, 15) is 4.79 Å². The fourth-order valence-corrected chi connectivity index (χ4v) is 2.83. The standard InChI is InChI=1S/C13H26N2O/c1-5-10(2)15-13(11(14)16)9-7-6-8-12(13,3)4/h10,15H,5-9H2,1-4H3,(H2,14,16). The van der Waals surface area contributed by atoms with Crippen LogP contribution in [0.25, 0.3) is 0 Å². The Morgan fingerprint density at radius 3 is 2.38 bits per heavy atom. The number of amides is 1. The molecule has 2 unspecified atom stereocenters. The highest BCUT2D eigenvalue weighted by Crippen LogP contribution is 2.44. The predicted molar refractivity (Wildman–Crippen MR) is 67.1 cm³/mol. The average Bonchev–Trinajstić information content (AvgIpc) is 2.20. The third-order valence-corrected chi connectivity index (χ3v) is 4.28. The van der Waals surface area contributed by atoms with Crippen LogP contribution in [-0.2, 0) is 4.79 Å². The molecule has 0 aliphatic heterocycles. The Hall–Kier alpha value is -0.570. The van der Waals surface area contributed by atoms with Gasteiger partial charge in [-0.2, -0.15) is 0 Å². The summed E-state index contributed by atoms with van der Waals surface area (Å²) in [5, 5.41) is 3.50. The third-order valence-electron chi connectivity index (χ3n) is 4.28. The minimum atomic E-state index is -0.513. The molecular formula is C13H26N2O. The second kappa shape index (κ2) is 4.74. The Labute approximate surface area is 99.2 Å². The van der Waals surface area contributed by atoms with Crippen LogP contribution in [0.3, 0.4) is 0 Å². The van der Waals surface area contributed by atoms with E-state index in [0.29, 0.717) is 6.04 Å². The molecule has 1 fully saturated rings. The maximum absolute atomic E-state index is 11.9. The Bertz CT molecular complexity index is 263. The number of nitrogens with two attached hydrogens (primary N) is 1. The van der Waals surface area contributed by atoms with Gasteiger partial charge in [-0.1, -0.05) is 33.6 Å². The van der Waals surface area contributed by atoms with Crippen molar-refractivity contribution < 1.29 is 4.79 Å². The fraction of sp³-hybridized carbons (Fsp3) is 0.923.